The highest BCUT2D eigenvalue weighted by Crippen LogP contribution is 2.14. The Kier molecular flexibility index (Phi) is 4.06. The van der Waals surface area contributed by atoms with Gasteiger partial charge in [0, 0.05) is 13.1 Å². The van der Waals surface area contributed by atoms with Gasteiger partial charge in [0.1, 0.15) is 0 Å². The number of hydrogen-bond acceptors (Lipinski definition) is 3. The number of β-amino-alcohol motifs (C(OH)–C–C–N with tert-alkyl or cyclic N) is 1. The first kappa shape index (κ1) is 10.9. The number of rotatable bonds is 3. The number of thioether (sulfide) groups is 1. The van der Waals surface area contributed by atoms with Crippen LogP contribution in [0.1, 0.15) is 20.3 Å². The molecular formula is C9H17NO2S. The first-order valence-electron chi connectivity index (χ1n) is 4.67. The zero-order valence-corrected chi connectivity index (χ0v) is 9.01. The van der Waals surface area contributed by atoms with Gasteiger partial charge in [-0.05, 0) is 11.7 Å². The molecule has 1 aliphatic heterocycles. The Bertz CT molecular complexity index is 184. The van der Waals surface area contributed by atoms with Crippen LogP contribution in [0.4, 0.5) is 0 Å². The molecule has 1 N–H and O–H groups in total. The van der Waals surface area contributed by atoms with Crippen molar-refractivity contribution in [1.29, 1.82) is 0 Å². The third-order valence-electron chi connectivity index (χ3n) is 2.06. The van der Waals surface area contributed by atoms with Crippen LogP contribution in [0.5, 0.6) is 0 Å². The first-order chi connectivity index (χ1) is 6.09. The molecule has 1 amide bonds. The van der Waals surface area contributed by atoms with Gasteiger partial charge in [0.2, 0.25) is 5.91 Å². The fourth-order valence-corrected chi connectivity index (χ4v) is 1.96. The van der Waals surface area contributed by atoms with E-state index >= 15 is 0 Å². The molecule has 0 radical (unpaired) electrons. The van der Waals surface area contributed by atoms with Gasteiger partial charge in [0.15, 0.2) is 0 Å². The molecule has 0 bridgehead atoms. The molecule has 0 saturated carbocycles. The summed E-state index contributed by atoms with van der Waals surface area (Å²) in [6.07, 6.45) is 0.436. The van der Waals surface area contributed by atoms with E-state index in [4.69, 9.17) is 0 Å². The van der Waals surface area contributed by atoms with Crippen LogP contribution in [0.2, 0.25) is 0 Å². The molecule has 0 aromatic rings. The number of amides is 1. The third-order valence-corrected chi connectivity index (χ3v) is 3.14. The Balaban J connectivity index is 2.24. The van der Waals surface area contributed by atoms with Gasteiger partial charge in [-0.25, -0.2) is 0 Å². The Morgan fingerprint density at radius 1 is 1.69 bits per heavy atom. The lowest BCUT2D eigenvalue weighted by Gasteiger charge is -2.15. The van der Waals surface area contributed by atoms with Crippen molar-refractivity contribution in [1.82, 2.24) is 4.90 Å². The summed E-state index contributed by atoms with van der Waals surface area (Å²) in [5.41, 5.74) is 0. The fourth-order valence-electron chi connectivity index (χ4n) is 1.30. The fraction of sp³-hybridized carbons (Fsp3) is 0.889. The van der Waals surface area contributed by atoms with Gasteiger partial charge < -0.3 is 10.0 Å². The van der Waals surface area contributed by atoms with Crippen LogP contribution < -0.4 is 0 Å². The number of hydrogen-bond donors (Lipinski definition) is 1. The number of aliphatic hydroxyl groups is 1. The van der Waals surface area contributed by atoms with E-state index in [1.807, 2.05) is 0 Å². The summed E-state index contributed by atoms with van der Waals surface area (Å²) in [5, 5.41) is 9.72. The van der Waals surface area contributed by atoms with Gasteiger partial charge in [0.05, 0.1) is 11.9 Å². The molecule has 0 spiro atoms. The van der Waals surface area contributed by atoms with E-state index in [0.29, 0.717) is 17.5 Å². The minimum Gasteiger partial charge on any atom is -0.391 e. The molecule has 1 rings (SSSR count). The van der Waals surface area contributed by atoms with Crippen molar-refractivity contribution in [2.24, 2.45) is 0 Å². The smallest absolute Gasteiger partial charge is 0.232 e. The molecular weight excluding hydrogens is 186 g/mol. The zero-order chi connectivity index (χ0) is 9.84. The number of aliphatic hydroxyl groups excluding tert-OH is 1. The normalized spacial score (nSPS) is 22.8. The quantitative estimate of drug-likeness (QED) is 0.735. The average Bonchev–Trinajstić information content (AvgIpc) is 2.47. The van der Waals surface area contributed by atoms with Gasteiger partial charge in [-0.15, -0.1) is 11.8 Å². The molecule has 0 aromatic carbocycles. The highest BCUT2D eigenvalue weighted by atomic mass is 32.2. The minimum atomic E-state index is -0.298. The lowest BCUT2D eigenvalue weighted by atomic mass is 10.3. The van der Waals surface area contributed by atoms with Crippen LogP contribution in [0, 0.1) is 0 Å². The van der Waals surface area contributed by atoms with Crippen molar-refractivity contribution in [3.05, 3.63) is 0 Å². The summed E-state index contributed by atoms with van der Waals surface area (Å²) in [6.45, 7) is 5.41. The first-order valence-corrected chi connectivity index (χ1v) is 5.72. The molecule has 1 atom stereocenters. The SMILES string of the molecule is CC(C)SCC(=O)N1CC[C@H](O)C1. The van der Waals surface area contributed by atoms with Crippen molar-refractivity contribution >= 4 is 17.7 Å². The second-order valence-electron chi connectivity index (χ2n) is 3.64. The van der Waals surface area contributed by atoms with Crippen molar-refractivity contribution in [2.75, 3.05) is 18.8 Å². The van der Waals surface area contributed by atoms with Crippen molar-refractivity contribution < 1.29 is 9.90 Å². The Hall–Kier alpha value is -0.220. The molecule has 4 heteroatoms. The van der Waals surface area contributed by atoms with E-state index in [2.05, 4.69) is 13.8 Å². The predicted molar refractivity (Wildman–Crippen MR) is 54.8 cm³/mol. The maximum atomic E-state index is 11.5. The minimum absolute atomic E-state index is 0.162. The predicted octanol–water partition coefficient (Wildman–Crippen LogP) is 0.721. The van der Waals surface area contributed by atoms with Crippen molar-refractivity contribution in [2.45, 2.75) is 31.6 Å². The van der Waals surface area contributed by atoms with Gasteiger partial charge in [-0.1, -0.05) is 13.8 Å². The second kappa shape index (κ2) is 4.86. The summed E-state index contributed by atoms with van der Waals surface area (Å²) < 4.78 is 0. The van der Waals surface area contributed by atoms with E-state index in [0.717, 1.165) is 13.0 Å². The van der Waals surface area contributed by atoms with Crippen LogP contribution in [0.3, 0.4) is 0 Å². The molecule has 1 aliphatic rings. The average molecular weight is 203 g/mol. The molecule has 0 aliphatic carbocycles. The van der Waals surface area contributed by atoms with Gasteiger partial charge in [-0.2, -0.15) is 0 Å². The maximum absolute atomic E-state index is 11.5. The molecule has 3 nitrogen and oxygen atoms in total. The largest absolute Gasteiger partial charge is 0.391 e. The monoisotopic (exact) mass is 203 g/mol. The summed E-state index contributed by atoms with van der Waals surface area (Å²) >= 11 is 1.65. The number of nitrogens with zero attached hydrogens (tertiary/aromatic N) is 1. The molecule has 1 saturated heterocycles. The lowest BCUT2D eigenvalue weighted by Crippen LogP contribution is -2.31. The van der Waals surface area contributed by atoms with Gasteiger partial charge in [-0.3, -0.25) is 4.79 Å². The molecule has 13 heavy (non-hydrogen) atoms. The summed E-state index contributed by atoms with van der Waals surface area (Å²) in [7, 11) is 0. The van der Waals surface area contributed by atoms with Crippen LogP contribution in [-0.4, -0.2) is 46.1 Å². The molecule has 1 fully saturated rings. The maximum Gasteiger partial charge on any atom is 0.232 e. The molecule has 0 unspecified atom stereocenters. The molecule has 0 aromatic heterocycles. The molecule has 1 heterocycles. The van der Waals surface area contributed by atoms with E-state index < -0.39 is 0 Å². The summed E-state index contributed by atoms with van der Waals surface area (Å²) in [5.74, 6) is 0.708. The van der Waals surface area contributed by atoms with Gasteiger partial charge in [0.25, 0.3) is 0 Å². The van der Waals surface area contributed by atoms with E-state index in [9.17, 15) is 9.90 Å². The zero-order valence-electron chi connectivity index (χ0n) is 8.19. The van der Waals surface area contributed by atoms with Crippen LogP contribution in [0.25, 0.3) is 0 Å². The van der Waals surface area contributed by atoms with Crippen LogP contribution >= 0.6 is 11.8 Å². The highest BCUT2D eigenvalue weighted by molar-refractivity contribution is 8.00. The summed E-state index contributed by atoms with van der Waals surface area (Å²) in [6, 6.07) is 0. The number of carbonyl (C=O) groups excluding carboxylic acids is 1. The van der Waals surface area contributed by atoms with Crippen LogP contribution in [0.15, 0.2) is 0 Å². The lowest BCUT2D eigenvalue weighted by molar-refractivity contribution is -0.127. The third kappa shape index (κ3) is 3.56. The van der Waals surface area contributed by atoms with Crippen LogP contribution in [-0.2, 0) is 4.79 Å². The summed E-state index contributed by atoms with van der Waals surface area (Å²) in [4.78, 5) is 13.2. The number of likely N-dealkylation sites (tertiary alicyclic amines) is 1. The van der Waals surface area contributed by atoms with Crippen molar-refractivity contribution in [3.8, 4) is 0 Å². The number of carbonyl (C=O) groups is 1. The van der Waals surface area contributed by atoms with Gasteiger partial charge >= 0.3 is 0 Å². The van der Waals surface area contributed by atoms with E-state index in [1.54, 1.807) is 16.7 Å². The topological polar surface area (TPSA) is 40.5 Å². The van der Waals surface area contributed by atoms with E-state index in [-0.39, 0.29) is 12.0 Å². The van der Waals surface area contributed by atoms with Crippen molar-refractivity contribution in [3.63, 3.8) is 0 Å². The van der Waals surface area contributed by atoms with E-state index in [1.165, 1.54) is 0 Å². The standard InChI is InChI=1S/C9H17NO2S/c1-7(2)13-6-9(12)10-4-3-8(11)5-10/h7-8,11H,3-6H2,1-2H3/t8-/m0/s1. The Labute approximate surface area is 83.5 Å². The molecule has 76 valence electrons. The second-order valence-corrected chi connectivity index (χ2v) is 5.21. The Morgan fingerprint density at radius 2 is 2.38 bits per heavy atom. The Morgan fingerprint density at radius 3 is 2.85 bits per heavy atom. The highest BCUT2D eigenvalue weighted by Gasteiger charge is 2.24.